The number of aliphatic hydroxyl groups is 1. The maximum Gasteiger partial charge on any atom is 0.343 e. The molecule has 4 aliphatic rings. The number of amides is 7. The molecule has 4 aromatic rings. The molecule has 3 aliphatic heterocycles. The largest absolute Gasteiger partial charge is 0.458 e. The second kappa shape index (κ2) is 19.9. The van der Waals surface area contributed by atoms with Crippen molar-refractivity contribution in [1.29, 1.82) is 0 Å². The van der Waals surface area contributed by atoms with Gasteiger partial charge in [-0.25, -0.2) is 14.2 Å². The third-order valence-corrected chi connectivity index (χ3v) is 13.1. The lowest BCUT2D eigenvalue weighted by molar-refractivity contribution is -0.172. The number of rotatable bonds is 18. The van der Waals surface area contributed by atoms with Gasteiger partial charge in [0.2, 0.25) is 29.5 Å². The average molecular weight is 947 g/mol. The molecule has 360 valence electrons. The van der Waals surface area contributed by atoms with Crippen LogP contribution in [0.1, 0.15) is 90.4 Å². The molecule has 0 spiro atoms. The van der Waals surface area contributed by atoms with Gasteiger partial charge in [0.05, 0.1) is 54.7 Å². The van der Waals surface area contributed by atoms with Crippen LogP contribution in [0.5, 0.6) is 0 Å². The monoisotopic (exact) mass is 946 g/mol. The molecule has 0 bridgehead atoms. The molecule has 0 saturated heterocycles. The van der Waals surface area contributed by atoms with E-state index in [9.17, 15) is 48.3 Å². The van der Waals surface area contributed by atoms with Crippen LogP contribution in [0.2, 0.25) is 0 Å². The fraction of sp³-hybridized carbons (Fsp3) is 0.388. The second-order valence-corrected chi connectivity index (χ2v) is 17.5. The molecule has 69 heavy (non-hydrogen) atoms. The first-order chi connectivity index (χ1) is 33.1. The lowest BCUT2D eigenvalue weighted by Gasteiger charge is -2.31. The number of carbonyl (C=O) groups is 8. The number of nitrogens with zero attached hydrogens (tertiary/aromatic N) is 3. The molecule has 1 aliphatic carbocycles. The number of halogens is 1. The van der Waals surface area contributed by atoms with Crippen LogP contribution in [-0.2, 0) is 74.7 Å². The zero-order valence-electron chi connectivity index (χ0n) is 38.0. The summed E-state index contributed by atoms with van der Waals surface area (Å²) >= 11 is 0. The van der Waals surface area contributed by atoms with E-state index in [4.69, 9.17) is 9.72 Å². The summed E-state index contributed by atoms with van der Waals surface area (Å²) in [7, 11) is 0. The van der Waals surface area contributed by atoms with E-state index in [1.807, 2.05) is 0 Å². The average Bonchev–Trinajstić information content (AvgIpc) is 3.87. The summed E-state index contributed by atoms with van der Waals surface area (Å²) in [6.07, 6.45) is 4.81. The number of hydrogen-bond donors (Lipinski definition) is 6. The summed E-state index contributed by atoms with van der Waals surface area (Å²) in [6.45, 7) is 1.83. The number of esters is 1. The van der Waals surface area contributed by atoms with Crippen molar-refractivity contribution < 1.29 is 52.6 Å². The molecule has 0 fully saturated rings. The Morgan fingerprint density at radius 2 is 1.59 bits per heavy atom. The lowest BCUT2D eigenvalue weighted by Crippen LogP contribution is -2.52. The first-order valence-electron chi connectivity index (χ1n) is 22.9. The fourth-order valence-corrected chi connectivity index (χ4v) is 9.43. The first-order valence-corrected chi connectivity index (χ1v) is 22.9. The standard InChI is InChI=1S/C49H51FN8O11/c1-3-49(68)31-19-36-45-29(24-58(36)47(66)30(31)25-69-48(49)67)44-33(14-13-28-26(2)32(50)20-34(56-45)43(28)44)54-40(62)23-53-46(65)35(18-27-10-6-4-7-11-27)55-39(61)22-52-38(60)21-51-37(59)12-8-5-9-17-57-41(63)15-16-42(57)64/h4,6-7,10-11,15-16,19-20,33,35,68H,3,5,8-9,12-14,17-18,21-25H2,1-2H3,(H,51,59)(H,52,60)(H,53,65)(H,54,62)(H,55,61)/t33-,35-,49-/m0/s1. The number of ether oxygens (including phenoxy) is 1. The van der Waals surface area contributed by atoms with Crippen molar-refractivity contribution in [3.8, 4) is 11.4 Å². The van der Waals surface area contributed by atoms with E-state index >= 15 is 4.39 Å². The van der Waals surface area contributed by atoms with Gasteiger partial charge in [0, 0.05) is 54.1 Å². The van der Waals surface area contributed by atoms with Crippen molar-refractivity contribution >= 4 is 58.2 Å². The molecule has 3 atom stereocenters. The number of aromatic nitrogens is 2. The second-order valence-electron chi connectivity index (χ2n) is 17.5. The van der Waals surface area contributed by atoms with Crippen LogP contribution < -0.4 is 32.1 Å². The van der Waals surface area contributed by atoms with Gasteiger partial charge in [-0.05, 0) is 67.3 Å². The molecule has 8 rings (SSSR count). The van der Waals surface area contributed by atoms with E-state index < -0.39 is 84.2 Å². The van der Waals surface area contributed by atoms with Crippen LogP contribution >= 0.6 is 0 Å². The smallest absolute Gasteiger partial charge is 0.343 e. The predicted octanol–water partition coefficient (Wildman–Crippen LogP) is 1.19. The summed E-state index contributed by atoms with van der Waals surface area (Å²) in [4.78, 5) is 121. The van der Waals surface area contributed by atoms with Gasteiger partial charge in [-0.15, -0.1) is 0 Å². The van der Waals surface area contributed by atoms with Gasteiger partial charge in [0.15, 0.2) is 5.60 Å². The summed E-state index contributed by atoms with van der Waals surface area (Å²) in [6, 6.07) is 9.87. The topological polar surface area (TPSA) is 264 Å². The maximum atomic E-state index is 15.4. The van der Waals surface area contributed by atoms with Crippen molar-refractivity contribution in [3.63, 3.8) is 0 Å². The van der Waals surface area contributed by atoms with Crippen LogP contribution in [0.4, 0.5) is 4.39 Å². The third-order valence-electron chi connectivity index (χ3n) is 13.1. The normalized spacial score (nSPS) is 17.9. The van der Waals surface area contributed by atoms with Crippen LogP contribution in [0.3, 0.4) is 0 Å². The van der Waals surface area contributed by atoms with Crippen LogP contribution in [0, 0.1) is 12.7 Å². The number of carbonyl (C=O) groups excluding carboxylic acids is 8. The molecule has 0 radical (unpaired) electrons. The van der Waals surface area contributed by atoms with Gasteiger partial charge in [0.1, 0.15) is 18.5 Å². The summed E-state index contributed by atoms with van der Waals surface area (Å²) < 4.78 is 22.1. The van der Waals surface area contributed by atoms with Crippen molar-refractivity contribution in [2.45, 2.75) is 96.1 Å². The number of cyclic esters (lactones) is 1. The Kier molecular flexibility index (Phi) is 13.8. The number of imide groups is 1. The van der Waals surface area contributed by atoms with Crippen molar-refractivity contribution in [2.24, 2.45) is 0 Å². The maximum absolute atomic E-state index is 15.4. The summed E-state index contributed by atoms with van der Waals surface area (Å²) in [5, 5.41) is 25.2. The van der Waals surface area contributed by atoms with E-state index in [0.717, 1.165) is 4.90 Å². The lowest BCUT2D eigenvalue weighted by atomic mass is 9.81. The number of nitrogens with one attached hydrogen (secondary N) is 5. The number of pyridine rings is 2. The number of hydrogen-bond acceptors (Lipinski definition) is 12. The highest BCUT2D eigenvalue weighted by atomic mass is 19.1. The highest BCUT2D eigenvalue weighted by Crippen LogP contribution is 2.46. The van der Waals surface area contributed by atoms with E-state index in [1.54, 1.807) is 50.2 Å². The van der Waals surface area contributed by atoms with Gasteiger partial charge in [-0.2, -0.15) is 0 Å². The quantitative estimate of drug-likeness (QED) is 0.0411. The van der Waals surface area contributed by atoms with Gasteiger partial charge in [0.25, 0.3) is 17.4 Å². The van der Waals surface area contributed by atoms with Crippen molar-refractivity contribution in [1.82, 2.24) is 41.0 Å². The van der Waals surface area contributed by atoms with Crippen LogP contribution in [-0.4, -0.2) is 99.1 Å². The van der Waals surface area contributed by atoms with Gasteiger partial charge < -0.3 is 41.0 Å². The third kappa shape index (κ3) is 9.74. The Morgan fingerprint density at radius 3 is 2.33 bits per heavy atom. The Hall–Kier alpha value is -7.61. The van der Waals surface area contributed by atoms with E-state index in [1.165, 1.54) is 22.8 Å². The molecule has 6 N–H and O–H groups in total. The molecule has 19 nitrogen and oxygen atoms in total. The van der Waals surface area contributed by atoms with Crippen molar-refractivity contribution in [3.05, 3.63) is 110 Å². The van der Waals surface area contributed by atoms with Crippen LogP contribution in [0.25, 0.3) is 22.3 Å². The molecule has 0 saturated carbocycles. The Bertz CT molecular complexity index is 2900. The molecule has 2 aromatic carbocycles. The highest BCUT2D eigenvalue weighted by molar-refractivity contribution is 6.12. The number of unbranched alkanes of at least 4 members (excludes halogenated alkanes) is 2. The Labute approximate surface area is 394 Å². The molecule has 5 heterocycles. The van der Waals surface area contributed by atoms with Gasteiger partial charge in [-0.3, -0.25) is 43.3 Å². The van der Waals surface area contributed by atoms with E-state index in [2.05, 4.69) is 26.6 Å². The fourth-order valence-electron chi connectivity index (χ4n) is 9.43. The molecule has 7 amide bonds. The molecule has 2 aromatic heterocycles. The summed E-state index contributed by atoms with van der Waals surface area (Å²) in [5.41, 5.74) is 1.77. The SMILES string of the molecule is CC[C@@]1(O)C(=O)OCc2c1cc1n(c2=O)Cc2c-1nc1cc(F)c(C)c3c1c2[C@@H](NC(=O)CNC(=O)[C@H](Cc1ccccc1)NC(=O)CNC(=O)CNC(=O)CCCCCN1C(=O)C=CC1=O)CC3. The minimum absolute atomic E-state index is 0.0389. The molecule has 20 heteroatoms. The number of aryl methyl sites for hydroxylation is 1. The molecular weight excluding hydrogens is 896 g/mol. The van der Waals surface area contributed by atoms with Crippen molar-refractivity contribution in [2.75, 3.05) is 26.2 Å². The zero-order chi connectivity index (χ0) is 49.1. The van der Waals surface area contributed by atoms with E-state index in [-0.39, 0.29) is 61.9 Å². The van der Waals surface area contributed by atoms with Crippen LogP contribution in [0.15, 0.2) is 59.4 Å². The van der Waals surface area contributed by atoms with Gasteiger partial charge in [-0.1, -0.05) is 43.7 Å². The summed E-state index contributed by atoms with van der Waals surface area (Å²) in [5.74, 6) is -5.09. The predicted molar refractivity (Wildman–Crippen MR) is 244 cm³/mol. The Balaban J connectivity index is 0.899. The number of benzene rings is 2. The number of fused-ring (bicyclic) bond motifs is 5. The first kappa shape index (κ1) is 47.9. The minimum atomic E-state index is -2.06. The van der Waals surface area contributed by atoms with E-state index in [0.29, 0.717) is 82.2 Å². The zero-order valence-corrected chi connectivity index (χ0v) is 38.0. The van der Waals surface area contributed by atoms with Gasteiger partial charge >= 0.3 is 5.97 Å². The molecular formula is C49H51FN8O11. The highest BCUT2D eigenvalue weighted by Gasteiger charge is 2.46. The Morgan fingerprint density at radius 1 is 0.884 bits per heavy atom. The minimum Gasteiger partial charge on any atom is -0.458 e. The molecule has 0 unspecified atom stereocenters.